The van der Waals surface area contributed by atoms with Crippen LogP contribution in [0.1, 0.15) is 0 Å². The first-order valence-electron chi connectivity index (χ1n) is 7.18. The molecule has 0 aliphatic carbocycles. The lowest BCUT2D eigenvalue weighted by molar-refractivity contribution is 0.628. The van der Waals surface area contributed by atoms with Gasteiger partial charge in [0.1, 0.15) is 5.82 Å². The highest BCUT2D eigenvalue weighted by Gasteiger charge is 2.28. The smallest absolute Gasteiger partial charge is 0.310 e. The van der Waals surface area contributed by atoms with Gasteiger partial charge in [-0.05, 0) is 24.3 Å². The van der Waals surface area contributed by atoms with Crippen molar-refractivity contribution in [2.75, 3.05) is 11.4 Å². The summed E-state index contributed by atoms with van der Waals surface area (Å²) in [4.78, 5) is 30.9. The van der Waals surface area contributed by atoms with Crippen LogP contribution >= 0.6 is 0 Å². The average Bonchev–Trinajstić information content (AvgIpc) is 3.11. The van der Waals surface area contributed by atoms with Crippen molar-refractivity contribution in [1.29, 1.82) is 0 Å². The highest BCUT2D eigenvalue weighted by molar-refractivity contribution is 5.77. The summed E-state index contributed by atoms with van der Waals surface area (Å²) in [6.45, 7) is 1.21. The Kier molecular flexibility index (Phi) is 2.72. The quantitative estimate of drug-likeness (QED) is 0.664. The number of halogens is 1. The first-order valence-corrected chi connectivity index (χ1v) is 7.18. The molecule has 0 saturated heterocycles. The molecule has 0 unspecified atom stereocenters. The third-order valence-corrected chi connectivity index (χ3v) is 4.25. The van der Waals surface area contributed by atoms with Crippen LogP contribution in [-0.4, -0.2) is 25.2 Å². The Labute approximate surface area is 129 Å². The Bertz CT molecular complexity index is 1040. The molecular formula is C15H14FN5O2. The van der Waals surface area contributed by atoms with E-state index in [0.717, 1.165) is 10.3 Å². The number of aryl methyl sites for hydroxylation is 1. The Balaban J connectivity index is 1.99. The lowest BCUT2D eigenvalue weighted by Crippen LogP contribution is -2.37. The fraction of sp³-hybridized carbons (Fsp3) is 0.267. The number of aromatic nitrogens is 4. The standard InChI is InChI=1S/C15H14FN5O2/c1-18-12-11(13(22)19(2)15(18)23)21-8-7-20(14(21)17-12)10-5-3-9(16)4-6-10/h3-6H,7-8H2,1-2H3. The maximum absolute atomic E-state index is 13.1. The molecule has 4 rings (SSSR count). The van der Waals surface area contributed by atoms with E-state index in [1.165, 1.54) is 23.7 Å². The maximum Gasteiger partial charge on any atom is 0.332 e. The molecule has 0 N–H and O–H groups in total. The highest BCUT2D eigenvalue weighted by atomic mass is 19.1. The van der Waals surface area contributed by atoms with Gasteiger partial charge < -0.3 is 9.47 Å². The van der Waals surface area contributed by atoms with Gasteiger partial charge in [-0.2, -0.15) is 4.98 Å². The Morgan fingerprint density at radius 1 is 1.04 bits per heavy atom. The molecule has 1 aliphatic heterocycles. The Hall–Kier alpha value is -2.90. The number of fused-ring (bicyclic) bond motifs is 3. The van der Waals surface area contributed by atoms with Gasteiger partial charge in [0.2, 0.25) is 5.95 Å². The number of benzene rings is 1. The molecule has 0 bridgehead atoms. The molecule has 3 heterocycles. The second-order valence-corrected chi connectivity index (χ2v) is 5.57. The monoisotopic (exact) mass is 315 g/mol. The van der Waals surface area contributed by atoms with Gasteiger partial charge >= 0.3 is 5.69 Å². The minimum absolute atomic E-state index is 0.308. The van der Waals surface area contributed by atoms with E-state index in [-0.39, 0.29) is 11.4 Å². The molecule has 7 nitrogen and oxygen atoms in total. The summed E-state index contributed by atoms with van der Waals surface area (Å²) in [7, 11) is 3.05. The van der Waals surface area contributed by atoms with E-state index in [4.69, 9.17) is 0 Å². The number of hydrogen-bond donors (Lipinski definition) is 0. The molecule has 8 heteroatoms. The highest BCUT2D eigenvalue weighted by Crippen LogP contribution is 2.31. The van der Waals surface area contributed by atoms with Gasteiger partial charge in [0.05, 0.1) is 0 Å². The molecular weight excluding hydrogens is 301 g/mol. The summed E-state index contributed by atoms with van der Waals surface area (Å²) in [5.41, 5.74) is 0.798. The Morgan fingerprint density at radius 2 is 1.74 bits per heavy atom. The molecule has 0 spiro atoms. The third-order valence-electron chi connectivity index (χ3n) is 4.25. The van der Waals surface area contributed by atoms with Crippen molar-refractivity contribution in [1.82, 2.24) is 18.7 Å². The van der Waals surface area contributed by atoms with E-state index in [1.54, 1.807) is 23.7 Å². The first-order chi connectivity index (χ1) is 11.0. The SMILES string of the molecule is Cn1c(=O)c2c(nc3n2CCN3c2ccc(F)cc2)n(C)c1=O. The van der Waals surface area contributed by atoms with Crippen LogP contribution in [0.25, 0.3) is 11.2 Å². The topological polar surface area (TPSA) is 65.1 Å². The van der Waals surface area contributed by atoms with Crippen molar-refractivity contribution in [3.05, 3.63) is 50.9 Å². The number of hydrogen-bond acceptors (Lipinski definition) is 4. The molecule has 0 amide bonds. The summed E-state index contributed by atoms with van der Waals surface area (Å²) in [6, 6.07) is 6.10. The number of anilines is 2. The van der Waals surface area contributed by atoms with Crippen LogP contribution < -0.4 is 16.1 Å². The second-order valence-electron chi connectivity index (χ2n) is 5.57. The van der Waals surface area contributed by atoms with Gasteiger partial charge in [0.25, 0.3) is 5.56 Å². The molecule has 0 fully saturated rings. The normalized spacial score (nSPS) is 13.8. The predicted octanol–water partition coefficient (Wildman–Crippen LogP) is 0.724. The number of nitrogens with zero attached hydrogens (tertiary/aromatic N) is 5. The number of rotatable bonds is 1. The van der Waals surface area contributed by atoms with Crippen LogP contribution in [-0.2, 0) is 20.6 Å². The molecule has 1 aliphatic rings. The van der Waals surface area contributed by atoms with Gasteiger partial charge in [0.15, 0.2) is 11.2 Å². The van der Waals surface area contributed by atoms with Gasteiger partial charge in [-0.3, -0.25) is 13.9 Å². The van der Waals surface area contributed by atoms with E-state index >= 15 is 0 Å². The Morgan fingerprint density at radius 3 is 2.43 bits per heavy atom. The van der Waals surface area contributed by atoms with Gasteiger partial charge in [-0.25, -0.2) is 9.18 Å². The van der Waals surface area contributed by atoms with Crippen LogP contribution in [0.5, 0.6) is 0 Å². The lowest BCUT2D eigenvalue weighted by Gasteiger charge is -2.15. The van der Waals surface area contributed by atoms with Crippen LogP contribution in [0.2, 0.25) is 0 Å². The predicted molar refractivity (Wildman–Crippen MR) is 83.6 cm³/mol. The first kappa shape index (κ1) is 13.7. The van der Waals surface area contributed by atoms with Crippen LogP contribution in [0.3, 0.4) is 0 Å². The molecule has 0 radical (unpaired) electrons. The second kappa shape index (κ2) is 4.55. The molecule has 1 aromatic carbocycles. The van der Waals surface area contributed by atoms with E-state index in [9.17, 15) is 14.0 Å². The largest absolute Gasteiger partial charge is 0.332 e. The molecule has 3 aromatic rings. The zero-order valence-electron chi connectivity index (χ0n) is 12.7. The van der Waals surface area contributed by atoms with E-state index in [2.05, 4.69) is 4.98 Å². The van der Waals surface area contributed by atoms with Crippen molar-refractivity contribution in [2.45, 2.75) is 6.54 Å². The van der Waals surface area contributed by atoms with Gasteiger partial charge in [-0.1, -0.05) is 0 Å². The summed E-state index contributed by atoms with van der Waals surface area (Å²) in [6.07, 6.45) is 0. The summed E-state index contributed by atoms with van der Waals surface area (Å²) in [5, 5.41) is 0. The average molecular weight is 315 g/mol. The van der Waals surface area contributed by atoms with Crippen molar-refractivity contribution < 1.29 is 4.39 Å². The molecule has 0 saturated carbocycles. The van der Waals surface area contributed by atoms with E-state index in [1.807, 2.05) is 4.90 Å². The number of imidazole rings is 1. The molecule has 23 heavy (non-hydrogen) atoms. The summed E-state index contributed by atoms with van der Waals surface area (Å²) < 4.78 is 17.4. The van der Waals surface area contributed by atoms with Crippen molar-refractivity contribution in [2.24, 2.45) is 14.1 Å². The fourth-order valence-corrected chi connectivity index (χ4v) is 3.02. The maximum atomic E-state index is 13.1. The molecule has 2 aromatic heterocycles. The van der Waals surface area contributed by atoms with Gasteiger partial charge in [0, 0.05) is 32.9 Å². The van der Waals surface area contributed by atoms with Crippen LogP contribution in [0.15, 0.2) is 33.9 Å². The lowest BCUT2D eigenvalue weighted by atomic mass is 10.3. The van der Waals surface area contributed by atoms with Crippen LogP contribution in [0.4, 0.5) is 16.0 Å². The van der Waals surface area contributed by atoms with Gasteiger partial charge in [-0.15, -0.1) is 0 Å². The minimum Gasteiger partial charge on any atom is -0.310 e. The van der Waals surface area contributed by atoms with E-state index < -0.39 is 5.69 Å². The zero-order chi connectivity index (χ0) is 16.3. The molecule has 0 atom stereocenters. The fourth-order valence-electron chi connectivity index (χ4n) is 3.02. The third kappa shape index (κ3) is 1.77. The molecule has 118 valence electrons. The summed E-state index contributed by atoms with van der Waals surface area (Å²) in [5.74, 6) is 0.280. The minimum atomic E-state index is -0.410. The van der Waals surface area contributed by atoms with Crippen molar-refractivity contribution in [3.8, 4) is 0 Å². The van der Waals surface area contributed by atoms with Crippen molar-refractivity contribution in [3.63, 3.8) is 0 Å². The van der Waals surface area contributed by atoms with Crippen molar-refractivity contribution >= 4 is 22.8 Å². The van der Waals surface area contributed by atoms with Crippen LogP contribution in [0, 0.1) is 5.82 Å². The zero-order valence-corrected chi connectivity index (χ0v) is 12.7. The summed E-state index contributed by atoms with van der Waals surface area (Å²) >= 11 is 0. The van der Waals surface area contributed by atoms with E-state index in [0.29, 0.717) is 30.2 Å².